The molecule has 3 aromatic rings. The van der Waals surface area contributed by atoms with Gasteiger partial charge in [-0.25, -0.2) is 19.6 Å². The Morgan fingerprint density at radius 2 is 1.06 bits per heavy atom. The summed E-state index contributed by atoms with van der Waals surface area (Å²) in [6.07, 6.45) is 0.584. The Morgan fingerprint density at radius 3 is 1.50 bits per heavy atom. The summed E-state index contributed by atoms with van der Waals surface area (Å²) in [5.74, 6) is 0. The molecule has 0 aromatic heterocycles. The zero-order chi connectivity index (χ0) is 24.7. The number of hydrazine groups is 1. The van der Waals surface area contributed by atoms with Crippen molar-refractivity contribution in [2.45, 2.75) is 38.1 Å². The number of fused-ring (bicyclic) bond motifs is 2. The van der Waals surface area contributed by atoms with Crippen molar-refractivity contribution in [3.63, 3.8) is 0 Å². The second-order valence-corrected chi connectivity index (χ2v) is 9.31. The van der Waals surface area contributed by atoms with Crippen molar-refractivity contribution in [3.05, 3.63) is 108 Å². The summed E-state index contributed by atoms with van der Waals surface area (Å²) in [4.78, 5) is 28.9. The first-order valence-electron chi connectivity index (χ1n) is 12.4. The van der Waals surface area contributed by atoms with Crippen LogP contribution in [0.2, 0.25) is 0 Å². The lowest BCUT2D eigenvalue weighted by Crippen LogP contribution is -2.50. The number of amides is 2. The van der Waals surface area contributed by atoms with E-state index in [1.807, 2.05) is 78.9 Å². The summed E-state index contributed by atoms with van der Waals surface area (Å²) in [7, 11) is 0. The van der Waals surface area contributed by atoms with Crippen LogP contribution in [0, 0.1) is 0 Å². The van der Waals surface area contributed by atoms with Gasteiger partial charge < -0.3 is 9.47 Å². The van der Waals surface area contributed by atoms with Crippen LogP contribution in [0.4, 0.5) is 9.59 Å². The maximum Gasteiger partial charge on any atom is 0.429 e. The van der Waals surface area contributed by atoms with Crippen LogP contribution in [-0.2, 0) is 29.1 Å². The second-order valence-electron chi connectivity index (χ2n) is 9.31. The van der Waals surface area contributed by atoms with Gasteiger partial charge in [-0.3, -0.25) is 4.90 Å². The molecule has 2 heterocycles. The van der Waals surface area contributed by atoms with Crippen LogP contribution in [0.25, 0.3) is 0 Å². The molecule has 0 saturated carbocycles. The molecule has 36 heavy (non-hydrogen) atoms. The molecule has 2 bridgehead atoms. The van der Waals surface area contributed by atoms with E-state index in [9.17, 15) is 9.59 Å². The summed E-state index contributed by atoms with van der Waals surface area (Å²) in [5.41, 5.74) is 3.07. The van der Waals surface area contributed by atoms with E-state index in [4.69, 9.17) is 9.47 Å². The van der Waals surface area contributed by atoms with Crippen molar-refractivity contribution in [1.82, 2.24) is 14.9 Å². The monoisotopic (exact) mass is 485 g/mol. The van der Waals surface area contributed by atoms with E-state index in [0.717, 1.165) is 24.1 Å². The Hall–Kier alpha value is -3.84. The van der Waals surface area contributed by atoms with E-state index in [-0.39, 0.29) is 25.3 Å². The first-order valence-corrected chi connectivity index (χ1v) is 12.4. The maximum atomic E-state index is 13.3. The molecule has 0 aliphatic carbocycles. The average Bonchev–Trinajstić information content (AvgIpc) is 3.20. The van der Waals surface area contributed by atoms with Gasteiger partial charge in [0, 0.05) is 19.6 Å². The second kappa shape index (κ2) is 11.3. The molecule has 7 nitrogen and oxygen atoms in total. The first-order chi connectivity index (χ1) is 17.7. The number of ether oxygens (including phenoxy) is 2. The Balaban J connectivity index is 1.28. The average molecular weight is 486 g/mol. The molecule has 0 N–H and O–H groups in total. The lowest BCUT2D eigenvalue weighted by atomic mass is 10.0. The molecule has 5 rings (SSSR count). The third kappa shape index (κ3) is 5.69. The number of piperidine rings is 1. The molecule has 0 radical (unpaired) electrons. The van der Waals surface area contributed by atoms with Gasteiger partial charge in [-0.2, -0.15) is 0 Å². The van der Waals surface area contributed by atoms with Gasteiger partial charge in [-0.1, -0.05) is 91.0 Å². The van der Waals surface area contributed by atoms with Crippen molar-refractivity contribution >= 4 is 12.2 Å². The van der Waals surface area contributed by atoms with E-state index < -0.39 is 12.2 Å². The van der Waals surface area contributed by atoms with E-state index >= 15 is 0 Å². The minimum atomic E-state index is -0.520. The lowest BCUT2D eigenvalue weighted by molar-refractivity contribution is -0.0199. The number of carbonyl (C=O) groups is 2. The predicted octanol–water partition coefficient (Wildman–Crippen LogP) is 4.88. The molecule has 2 aliphatic heterocycles. The zero-order valence-corrected chi connectivity index (χ0v) is 20.2. The standard InChI is InChI=1S/C29H31N3O4/c33-28(35-21-24-12-6-2-7-13-24)31-26-18-27(20-30(19-26)17-16-23-10-4-1-5-11-23)32(31)29(34)36-22-25-14-8-3-9-15-25/h1-15,26-27H,16-22H2. The van der Waals surface area contributed by atoms with Gasteiger partial charge in [0.15, 0.2) is 0 Å². The number of carbonyl (C=O) groups excluding carboxylic acids is 2. The van der Waals surface area contributed by atoms with Crippen LogP contribution in [-0.4, -0.2) is 58.8 Å². The number of hydrogen-bond donors (Lipinski definition) is 0. The van der Waals surface area contributed by atoms with Crippen molar-refractivity contribution in [2.75, 3.05) is 19.6 Å². The van der Waals surface area contributed by atoms with E-state index in [0.29, 0.717) is 19.5 Å². The van der Waals surface area contributed by atoms with Gasteiger partial charge >= 0.3 is 12.2 Å². The molecule has 3 aromatic carbocycles. The third-order valence-corrected chi connectivity index (χ3v) is 6.75. The summed E-state index contributed by atoms with van der Waals surface area (Å²) in [6.45, 7) is 2.53. The molecule has 0 spiro atoms. The molecule has 2 unspecified atom stereocenters. The summed E-state index contributed by atoms with van der Waals surface area (Å²) >= 11 is 0. The largest absolute Gasteiger partial charge is 0.443 e. The summed E-state index contributed by atoms with van der Waals surface area (Å²) < 4.78 is 11.3. The molecular weight excluding hydrogens is 454 g/mol. The molecule has 2 fully saturated rings. The van der Waals surface area contributed by atoms with Gasteiger partial charge in [0.25, 0.3) is 0 Å². The number of likely N-dealkylation sites (tertiary alicyclic amines) is 1. The Kier molecular flexibility index (Phi) is 7.47. The highest BCUT2D eigenvalue weighted by molar-refractivity contribution is 5.76. The highest BCUT2D eigenvalue weighted by Crippen LogP contribution is 2.32. The van der Waals surface area contributed by atoms with Gasteiger partial charge in [0.2, 0.25) is 0 Å². The molecule has 2 aliphatic rings. The fourth-order valence-electron chi connectivity index (χ4n) is 5.00. The van der Waals surface area contributed by atoms with Crippen LogP contribution in [0.5, 0.6) is 0 Å². The fourth-order valence-corrected chi connectivity index (χ4v) is 5.00. The molecule has 2 amide bonds. The van der Waals surface area contributed by atoms with Crippen LogP contribution in [0.1, 0.15) is 23.1 Å². The van der Waals surface area contributed by atoms with Crippen molar-refractivity contribution in [3.8, 4) is 0 Å². The topological polar surface area (TPSA) is 62.3 Å². The number of rotatable bonds is 7. The number of hydrogen-bond acceptors (Lipinski definition) is 5. The minimum Gasteiger partial charge on any atom is -0.443 e. The number of nitrogens with zero attached hydrogens (tertiary/aromatic N) is 3. The molecule has 2 atom stereocenters. The van der Waals surface area contributed by atoms with Crippen LogP contribution < -0.4 is 0 Å². The minimum absolute atomic E-state index is 0.146. The summed E-state index contributed by atoms with van der Waals surface area (Å²) in [6, 6.07) is 29.2. The van der Waals surface area contributed by atoms with E-state index in [1.165, 1.54) is 15.6 Å². The Morgan fingerprint density at radius 1 is 0.639 bits per heavy atom. The Bertz CT molecular complexity index is 1070. The van der Waals surface area contributed by atoms with E-state index in [2.05, 4.69) is 17.0 Å². The smallest absolute Gasteiger partial charge is 0.429 e. The molecule has 2 saturated heterocycles. The molecule has 7 heteroatoms. The number of benzene rings is 3. The van der Waals surface area contributed by atoms with Gasteiger partial charge in [-0.05, 0) is 29.5 Å². The fraction of sp³-hybridized carbons (Fsp3) is 0.310. The third-order valence-electron chi connectivity index (χ3n) is 6.75. The quantitative estimate of drug-likeness (QED) is 0.477. The lowest BCUT2D eigenvalue weighted by Gasteiger charge is -2.30. The van der Waals surface area contributed by atoms with Crippen LogP contribution >= 0.6 is 0 Å². The maximum absolute atomic E-state index is 13.3. The van der Waals surface area contributed by atoms with Crippen LogP contribution in [0.3, 0.4) is 0 Å². The van der Waals surface area contributed by atoms with Crippen molar-refractivity contribution in [1.29, 1.82) is 0 Å². The van der Waals surface area contributed by atoms with Crippen molar-refractivity contribution < 1.29 is 19.1 Å². The van der Waals surface area contributed by atoms with Gasteiger partial charge in [0.1, 0.15) is 13.2 Å². The Labute approximate surface area is 211 Å². The SMILES string of the molecule is O=C(OCc1ccccc1)N1C2CC(CN(CCc3ccccc3)C2)N1C(=O)OCc1ccccc1. The predicted molar refractivity (Wildman–Crippen MR) is 136 cm³/mol. The highest BCUT2D eigenvalue weighted by atomic mass is 16.6. The zero-order valence-electron chi connectivity index (χ0n) is 20.2. The van der Waals surface area contributed by atoms with Crippen molar-refractivity contribution in [2.24, 2.45) is 0 Å². The van der Waals surface area contributed by atoms with Gasteiger partial charge in [0.05, 0.1) is 12.1 Å². The normalized spacial score (nSPS) is 19.2. The highest BCUT2D eigenvalue weighted by Gasteiger charge is 2.50. The van der Waals surface area contributed by atoms with Crippen LogP contribution in [0.15, 0.2) is 91.0 Å². The molecular formula is C29H31N3O4. The summed E-state index contributed by atoms with van der Waals surface area (Å²) in [5, 5.41) is 2.98. The van der Waals surface area contributed by atoms with E-state index in [1.54, 1.807) is 0 Å². The molecule has 186 valence electrons. The first kappa shape index (κ1) is 23.9. The van der Waals surface area contributed by atoms with Gasteiger partial charge in [-0.15, -0.1) is 0 Å².